The van der Waals surface area contributed by atoms with Crippen LogP contribution in [0.1, 0.15) is 52.6 Å². The molecule has 0 unspecified atom stereocenters. The Bertz CT molecular complexity index is 4710. The van der Waals surface area contributed by atoms with Crippen LogP contribution in [0.3, 0.4) is 0 Å². The van der Waals surface area contributed by atoms with Crippen LogP contribution in [0.4, 0.5) is 0 Å². The summed E-state index contributed by atoms with van der Waals surface area (Å²) in [5.41, 5.74) is -0.344. The normalized spacial score (nSPS) is 11.8. The number of phenols is 2. The molecule has 0 bridgehead atoms. The zero-order valence-corrected chi connectivity index (χ0v) is 49.4. The number of esters is 4. The molecular weight excluding hydrogens is 1240 g/mol. The van der Waals surface area contributed by atoms with Crippen LogP contribution in [0.5, 0.6) is 34.5 Å². The summed E-state index contributed by atoms with van der Waals surface area (Å²) in [5, 5.41) is 57.7. The van der Waals surface area contributed by atoms with Gasteiger partial charge in [0.15, 0.2) is 0 Å². The molecule has 6 aromatic carbocycles. The number of carbonyl (C=O) groups excluding carboxylic acids is 4. The van der Waals surface area contributed by atoms with E-state index < -0.39 is 95.5 Å². The second-order valence-electron chi connectivity index (χ2n) is 18.0. The molecule has 0 aliphatic rings. The first-order valence-electron chi connectivity index (χ1n) is 25.8. The van der Waals surface area contributed by atoms with Gasteiger partial charge in [0.2, 0.25) is 0 Å². The first-order valence-corrected chi connectivity index (χ1v) is 28.6. The quantitative estimate of drug-likeness (QED) is 0.0227. The highest BCUT2D eigenvalue weighted by molar-refractivity contribution is 7.86. The predicted octanol–water partition coefficient (Wildman–Crippen LogP) is 5.04. The first-order chi connectivity index (χ1) is 43.8. The van der Waals surface area contributed by atoms with Crippen LogP contribution < -0.4 is 39.8 Å². The van der Waals surface area contributed by atoms with Crippen molar-refractivity contribution in [2.24, 2.45) is 0 Å². The summed E-state index contributed by atoms with van der Waals surface area (Å²) < 4.78 is 106. The highest BCUT2D eigenvalue weighted by atomic mass is 32.2. The average molecular weight is 1290 g/mol. The standard InChI is InChI=1S/C31H22N4O11S.C31H22N4O9S/c1-18-4-6-26(36)22(12-18)30(38)45-10-8-43-28-14-21(25(17-33)35-3)29(15-20(28)24(16-32)34-2)44-9-11-46-31(39)23-13-19(47(40,41)42)5-7-27(23)37;1-20-4-6-21(7-5-20)30(36)43-14-12-41-28-16-25(27(19-33)35-3)29(17-24(28)26(18-32)34-2)42-13-15-44-31(37)22-8-10-23(11-9-22)45(38,39)40/h4-7,12-15,36-37H,8-11H2,1H3,(H,40,41,42);4-11,16-17H,12-15H2,1H3,(H,38,39,40)/b24-20-,25-21+;26-24-,27-25+. The van der Waals surface area contributed by atoms with Gasteiger partial charge < -0.3 is 48.1 Å². The molecule has 28 nitrogen and oxygen atoms in total. The molecule has 0 aliphatic heterocycles. The Kier molecular flexibility index (Phi) is 25.0. The summed E-state index contributed by atoms with van der Waals surface area (Å²) in [4.78, 5) is 61.1. The van der Waals surface area contributed by atoms with Gasteiger partial charge in [-0.1, -0.05) is 29.3 Å². The second-order valence-corrected chi connectivity index (χ2v) is 20.8. The fraction of sp³-hybridized carbons (Fsp3) is 0.161. The minimum atomic E-state index is -4.68. The zero-order valence-electron chi connectivity index (χ0n) is 47.8. The van der Waals surface area contributed by atoms with Crippen LogP contribution in [0.25, 0.3) is 42.2 Å². The van der Waals surface area contributed by atoms with Crippen LogP contribution in [0.2, 0.25) is 0 Å². The molecule has 0 saturated carbocycles. The maximum absolute atomic E-state index is 12.4. The Balaban J connectivity index is 0.000000334. The number of nitriles is 4. The molecule has 0 radical (unpaired) electrons. The van der Waals surface area contributed by atoms with E-state index in [2.05, 4.69) is 19.4 Å². The minimum absolute atomic E-state index is 0.00477. The van der Waals surface area contributed by atoms with Gasteiger partial charge in [-0.25, -0.2) is 59.6 Å². The first kappa shape index (κ1) is 70.0. The topological polar surface area (TPSA) is 404 Å². The summed E-state index contributed by atoms with van der Waals surface area (Å²) in [6.45, 7) is 30.6. The lowest BCUT2D eigenvalue weighted by atomic mass is 10.1. The number of ether oxygens (including phenoxy) is 8. The van der Waals surface area contributed by atoms with E-state index in [9.17, 15) is 71.8 Å². The SMILES string of the molecule is [C-]#[N+]/C(C#N)=c1/cc(OCCOC(=O)c2cc(S(=O)(=O)O)ccc2O)/c(=C(\C#N)[N+]#[C-])cc1OCCOC(=O)c1cc(C)ccc1O.[C-]#[N+]/C(C#N)=c1/cc(OCCOC(=O)c2ccc(S(=O)(=O)O)cc2)/c(=C(\C#N)[N+]#[C-])cc1OCCOC(=O)c1ccc(C)cc1. The molecule has 0 heterocycles. The summed E-state index contributed by atoms with van der Waals surface area (Å²) in [7, 11) is -9.12. The van der Waals surface area contributed by atoms with E-state index in [0.717, 1.165) is 48.0 Å². The molecule has 0 aromatic heterocycles. The molecule has 0 fully saturated rings. The third-order valence-corrected chi connectivity index (χ3v) is 13.6. The molecule has 6 aromatic rings. The monoisotopic (exact) mass is 1280 g/mol. The molecule has 6 rings (SSSR count). The average Bonchev–Trinajstić information content (AvgIpc) is 1.02. The van der Waals surface area contributed by atoms with E-state index in [0.29, 0.717) is 17.2 Å². The number of hydrogen-bond donors (Lipinski definition) is 4. The van der Waals surface area contributed by atoms with Gasteiger partial charge >= 0.3 is 23.9 Å². The Morgan fingerprint density at radius 1 is 0.402 bits per heavy atom. The van der Waals surface area contributed by atoms with E-state index in [4.69, 9.17) is 68.7 Å². The van der Waals surface area contributed by atoms with E-state index in [1.807, 2.05) is 6.92 Å². The number of aryl methyl sites for hydroxylation is 2. The molecule has 0 aliphatic carbocycles. The lowest BCUT2D eigenvalue weighted by molar-refractivity contribution is 0.0436. The van der Waals surface area contributed by atoms with Crippen LogP contribution in [-0.2, 0) is 39.2 Å². The summed E-state index contributed by atoms with van der Waals surface area (Å²) >= 11 is 0. The van der Waals surface area contributed by atoms with Gasteiger partial charge in [0.05, 0.1) is 71.5 Å². The summed E-state index contributed by atoms with van der Waals surface area (Å²) in [6, 6.07) is 29.6. The Hall–Kier alpha value is -12.8. The Labute approximate surface area is 523 Å². The Morgan fingerprint density at radius 3 is 1.00 bits per heavy atom. The van der Waals surface area contributed by atoms with Crippen molar-refractivity contribution in [3.8, 4) is 58.8 Å². The molecule has 0 spiro atoms. The number of aromatic hydroxyl groups is 2. The Morgan fingerprint density at radius 2 is 0.685 bits per heavy atom. The van der Waals surface area contributed by atoms with Crippen LogP contribution in [-0.4, -0.2) is 113 Å². The smallest absolute Gasteiger partial charge is 0.342 e. The maximum atomic E-state index is 12.4. The van der Waals surface area contributed by atoms with Gasteiger partial charge in [0.1, 0.15) is 98.5 Å². The summed E-state index contributed by atoms with van der Waals surface area (Å²) in [5.74, 6) is -4.77. The summed E-state index contributed by atoms with van der Waals surface area (Å²) in [6.07, 6.45) is 0. The van der Waals surface area contributed by atoms with Crippen molar-refractivity contribution in [3.05, 3.63) is 209 Å². The molecule has 92 heavy (non-hydrogen) atoms. The molecular formula is C62H44N8O20S2. The number of nitrogens with zero attached hydrogens (tertiary/aromatic N) is 8. The van der Waals surface area contributed by atoms with Crippen molar-refractivity contribution in [1.82, 2.24) is 0 Å². The minimum Gasteiger partial charge on any atom is -0.507 e. The number of benzene rings is 6. The number of hydrogen-bond acceptors (Lipinski definition) is 22. The molecule has 4 N–H and O–H groups in total. The lowest BCUT2D eigenvalue weighted by Crippen LogP contribution is -2.23. The van der Waals surface area contributed by atoms with Gasteiger partial charge in [-0.3, -0.25) is 9.11 Å². The largest absolute Gasteiger partial charge is 0.507 e. The molecule has 0 saturated heterocycles. The lowest BCUT2D eigenvalue weighted by Gasteiger charge is -2.13. The molecule has 0 atom stereocenters. The number of carbonyl (C=O) groups is 4. The van der Waals surface area contributed by atoms with Crippen LogP contribution in [0.15, 0.2) is 119 Å². The van der Waals surface area contributed by atoms with Crippen molar-refractivity contribution < 1.29 is 93.2 Å². The fourth-order valence-corrected chi connectivity index (χ4v) is 8.48. The van der Waals surface area contributed by atoms with Gasteiger partial charge in [0, 0.05) is 20.9 Å². The zero-order chi connectivity index (χ0) is 67.7. The van der Waals surface area contributed by atoms with Crippen molar-refractivity contribution in [2.75, 3.05) is 52.9 Å². The highest BCUT2D eigenvalue weighted by Gasteiger charge is 2.21. The second kappa shape index (κ2) is 32.8. The van der Waals surface area contributed by atoms with Gasteiger partial charge in [0.25, 0.3) is 43.0 Å². The van der Waals surface area contributed by atoms with Crippen LogP contribution in [0, 0.1) is 85.5 Å². The highest BCUT2D eigenvalue weighted by Crippen LogP contribution is 2.23. The van der Waals surface area contributed by atoms with Crippen molar-refractivity contribution in [3.63, 3.8) is 0 Å². The number of rotatable bonds is 22. The van der Waals surface area contributed by atoms with E-state index >= 15 is 0 Å². The van der Waals surface area contributed by atoms with E-state index in [1.165, 1.54) is 30.3 Å². The molecule has 0 amide bonds. The van der Waals surface area contributed by atoms with Crippen LogP contribution >= 0.6 is 0 Å². The van der Waals surface area contributed by atoms with Crippen molar-refractivity contribution >= 4 is 66.9 Å². The van der Waals surface area contributed by atoms with E-state index in [1.54, 1.807) is 61.5 Å². The van der Waals surface area contributed by atoms with Gasteiger partial charge in [-0.05, 0) is 105 Å². The van der Waals surface area contributed by atoms with Crippen molar-refractivity contribution in [2.45, 2.75) is 23.6 Å². The molecule has 464 valence electrons. The van der Waals surface area contributed by atoms with E-state index in [-0.39, 0.29) is 106 Å². The maximum Gasteiger partial charge on any atom is 0.342 e. The fourth-order valence-electron chi connectivity index (χ4n) is 7.49. The third kappa shape index (κ3) is 19.1. The predicted molar refractivity (Wildman–Crippen MR) is 315 cm³/mol. The molecule has 30 heteroatoms. The third-order valence-electron chi connectivity index (χ3n) is 11.9. The van der Waals surface area contributed by atoms with Crippen molar-refractivity contribution in [1.29, 1.82) is 21.0 Å². The number of phenolic OH excluding ortho intramolecular Hbond substituents is 2. The van der Waals surface area contributed by atoms with Gasteiger partial charge in [-0.2, -0.15) is 16.8 Å². The van der Waals surface area contributed by atoms with Gasteiger partial charge in [-0.15, -0.1) is 0 Å².